The minimum absolute atomic E-state index is 0.174. The van der Waals surface area contributed by atoms with Gasteiger partial charge in [-0.3, -0.25) is 4.79 Å². The smallest absolute Gasteiger partial charge is 0.223 e. The zero-order valence-corrected chi connectivity index (χ0v) is 7.92. The molecular formula is C10H14N2O. The molecule has 0 aromatic rings. The molecule has 0 aromatic heterocycles. The van der Waals surface area contributed by atoms with Crippen LogP contribution < -0.4 is 0 Å². The maximum atomic E-state index is 11.5. The standard InChI is InChI=1S/C10H14N2O/c1-8-3-2-6-12-9(13)4-5-10(8,12)7-11/h8H,2-6H2,1H3. The Hall–Kier alpha value is -1.04. The molecule has 0 aliphatic carbocycles. The van der Waals surface area contributed by atoms with E-state index in [9.17, 15) is 10.1 Å². The fourth-order valence-corrected chi connectivity index (χ4v) is 2.65. The molecule has 2 fully saturated rings. The van der Waals surface area contributed by atoms with Gasteiger partial charge in [0, 0.05) is 13.0 Å². The Balaban J connectivity index is 2.36. The summed E-state index contributed by atoms with van der Waals surface area (Å²) in [5.41, 5.74) is -0.449. The molecule has 2 unspecified atom stereocenters. The zero-order chi connectivity index (χ0) is 9.47. The molecule has 3 nitrogen and oxygen atoms in total. The van der Waals surface area contributed by atoms with E-state index in [2.05, 4.69) is 13.0 Å². The molecule has 1 amide bonds. The molecule has 0 saturated carbocycles. The number of carbonyl (C=O) groups excluding carboxylic acids is 1. The number of carbonyl (C=O) groups is 1. The van der Waals surface area contributed by atoms with Crippen molar-refractivity contribution in [3.63, 3.8) is 0 Å². The van der Waals surface area contributed by atoms with Crippen LogP contribution >= 0.6 is 0 Å². The van der Waals surface area contributed by atoms with E-state index in [1.807, 2.05) is 0 Å². The fraction of sp³-hybridized carbons (Fsp3) is 0.800. The predicted octanol–water partition coefficient (Wildman–Crippen LogP) is 1.30. The average Bonchev–Trinajstić information content (AvgIpc) is 2.47. The monoisotopic (exact) mass is 178 g/mol. The number of fused-ring (bicyclic) bond motifs is 1. The molecule has 0 aromatic carbocycles. The summed E-state index contributed by atoms with van der Waals surface area (Å²) < 4.78 is 0. The minimum Gasteiger partial charge on any atom is -0.324 e. The minimum atomic E-state index is -0.449. The van der Waals surface area contributed by atoms with E-state index in [0.717, 1.165) is 25.8 Å². The molecule has 2 saturated heterocycles. The molecule has 0 bridgehead atoms. The van der Waals surface area contributed by atoms with Crippen molar-refractivity contribution in [1.29, 1.82) is 5.26 Å². The topological polar surface area (TPSA) is 44.1 Å². The van der Waals surface area contributed by atoms with Gasteiger partial charge in [0.15, 0.2) is 0 Å². The lowest BCUT2D eigenvalue weighted by Gasteiger charge is -2.41. The molecule has 2 heterocycles. The van der Waals surface area contributed by atoms with Crippen molar-refractivity contribution < 1.29 is 4.79 Å². The van der Waals surface area contributed by atoms with Crippen LogP contribution in [0.3, 0.4) is 0 Å². The number of nitrogens with zero attached hydrogens (tertiary/aromatic N) is 2. The average molecular weight is 178 g/mol. The number of nitriles is 1. The number of amides is 1. The van der Waals surface area contributed by atoms with Crippen LogP contribution in [0, 0.1) is 17.2 Å². The lowest BCUT2D eigenvalue weighted by Crippen LogP contribution is -2.52. The van der Waals surface area contributed by atoms with Gasteiger partial charge in [0.25, 0.3) is 0 Å². The van der Waals surface area contributed by atoms with Crippen LogP contribution in [0.5, 0.6) is 0 Å². The van der Waals surface area contributed by atoms with Gasteiger partial charge < -0.3 is 4.90 Å². The van der Waals surface area contributed by atoms with Crippen molar-refractivity contribution >= 4 is 5.91 Å². The van der Waals surface area contributed by atoms with Crippen LogP contribution in [0.25, 0.3) is 0 Å². The molecule has 0 N–H and O–H groups in total. The second-order valence-electron chi connectivity index (χ2n) is 4.12. The molecule has 3 heteroatoms. The summed E-state index contributed by atoms with van der Waals surface area (Å²) in [6, 6.07) is 2.36. The van der Waals surface area contributed by atoms with E-state index in [4.69, 9.17) is 0 Å². The van der Waals surface area contributed by atoms with E-state index >= 15 is 0 Å². The van der Waals surface area contributed by atoms with Gasteiger partial charge in [-0.25, -0.2) is 0 Å². The summed E-state index contributed by atoms with van der Waals surface area (Å²) in [6.07, 6.45) is 3.44. The van der Waals surface area contributed by atoms with E-state index in [-0.39, 0.29) is 5.91 Å². The summed E-state index contributed by atoms with van der Waals surface area (Å²) in [4.78, 5) is 13.3. The maximum absolute atomic E-state index is 11.5. The van der Waals surface area contributed by atoms with Crippen molar-refractivity contribution in [2.24, 2.45) is 5.92 Å². The van der Waals surface area contributed by atoms with Gasteiger partial charge in [0.05, 0.1) is 6.07 Å². The van der Waals surface area contributed by atoms with Crippen molar-refractivity contribution in [3.8, 4) is 6.07 Å². The van der Waals surface area contributed by atoms with Gasteiger partial charge >= 0.3 is 0 Å². The van der Waals surface area contributed by atoms with Gasteiger partial charge in [0.2, 0.25) is 5.91 Å². The third-order valence-electron chi connectivity index (χ3n) is 3.53. The largest absolute Gasteiger partial charge is 0.324 e. The predicted molar refractivity (Wildman–Crippen MR) is 47.7 cm³/mol. The number of hydrogen-bond donors (Lipinski definition) is 0. The van der Waals surface area contributed by atoms with Crippen LogP contribution in [0.2, 0.25) is 0 Å². The van der Waals surface area contributed by atoms with Crippen LogP contribution in [-0.4, -0.2) is 22.9 Å². The Kier molecular flexibility index (Phi) is 1.80. The van der Waals surface area contributed by atoms with Gasteiger partial charge in [-0.1, -0.05) is 6.92 Å². The first-order valence-corrected chi connectivity index (χ1v) is 4.92. The highest BCUT2D eigenvalue weighted by Crippen LogP contribution is 2.41. The Bertz CT molecular complexity index is 281. The van der Waals surface area contributed by atoms with Gasteiger partial charge in [-0.2, -0.15) is 5.26 Å². The third-order valence-corrected chi connectivity index (χ3v) is 3.53. The second-order valence-corrected chi connectivity index (χ2v) is 4.12. The molecule has 70 valence electrons. The summed E-state index contributed by atoms with van der Waals surface area (Å²) in [5, 5.41) is 9.20. The Morgan fingerprint density at radius 2 is 2.46 bits per heavy atom. The first-order chi connectivity index (χ1) is 6.20. The Morgan fingerprint density at radius 1 is 1.69 bits per heavy atom. The summed E-state index contributed by atoms with van der Waals surface area (Å²) >= 11 is 0. The van der Waals surface area contributed by atoms with Crippen molar-refractivity contribution in [2.45, 2.75) is 38.1 Å². The van der Waals surface area contributed by atoms with E-state index in [1.54, 1.807) is 4.90 Å². The quantitative estimate of drug-likeness (QED) is 0.561. The van der Waals surface area contributed by atoms with E-state index in [1.165, 1.54) is 0 Å². The lowest BCUT2D eigenvalue weighted by atomic mass is 9.78. The summed E-state index contributed by atoms with van der Waals surface area (Å²) in [6.45, 7) is 2.88. The molecule has 2 aliphatic rings. The van der Waals surface area contributed by atoms with Crippen molar-refractivity contribution in [3.05, 3.63) is 0 Å². The first-order valence-electron chi connectivity index (χ1n) is 4.92. The number of rotatable bonds is 0. The summed E-state index contributed by atoms with van der Waals surface area (Å²) in [5.74, 6) is 0.519. The SMILES string of the molecule is CC1CCCN2C(=O)CCC12C#N. The number of hydrogen-bond acceptors (Lipinski definition) is 2. The van der Waals surface area contributed by atoms with Crippen molar-refractivity contribution in [1.82, 2.24) is 4.90 Å². The molecular weight excluding hydrogens is 164 g/mol. The van der Waals surface area contributed by atoms with Crippen LogP contribution in [0.1, 0.15) is 32.6 Å². The Morgan fingerprint density at radius 3 is 3.08 bits per heavy atom. The van der Waals surface area contributed by atoms with Gasteiger partial charge in [-0.05, 0) is 25.2 Å². The molecule has 0 radical (unpaired) electrons. The van der Waals surface area contributed by atoms with Crippen LogP contribution in [-0.2, 0) is 4.79 Å². The maximum Gasteiger partial charge on any atom is 0.223 e. The van der Waals surface area contributed by atoms with Crippen molar-refractivity contribution in [2.75, 3.05) is 6.54 Å². The highest BCUT2D eigenvalue weighted by Gasteiger charge is 2.50. The Labute approximate surface area is 78.3 Å². The highest BCUT2D eigenvalue weighted by atomic mass is 16.2. The van der Waals surface area contributed by atoms with E-state index < -0.39 is 5.54 Å². The van der Waals surface area contributed by atoms with Gasteiger partial charge in [0.1, 0.15) is 5.54 Å². The molecule has 2 rings (SSSR count). The van der Waals surface area contributed by atoms with E-state index in [0.29, 0.717) is 12.3 Å². The number of piperidine rings is 1. The second kappa shape index (κ2) is 2.73. The summed E-state index contributed by atoms with van der Waals surface area (Å²) in [7, 11) is 0. The van der Waals surface area contributed by atoms with Crippen LogP contribution in [0.4, 0.5) is 0 Å². The third kappa shape index (κ3) is 0.980. The zero-order valence-electron chi connectivity index (χ0n) is 7.92. The lowest BCUT2D eigenvalue weighted by molar-refractivity contribution is -0.132. The first kappa shape index (κ1) is 8.55. The fourth-order valence-electron chi connectivity index (χ4n) is 2.65. The highest BCUT2D eigenvalue weighted by molar-refractivity contribution is 5.80. The molecule has 0 spiro atoms. The normalized spacial score (nSPS) is 38.6. The van der Waals surface area contributed by atoms with Gasteiger partial charge in [-0.15, -0.1) is 0 Å². The van der Waals surface area contributed by atoms with Crippen LogP contribution in [0.15, 0.2) is 0 Å². The molecule has 2 atom stereocenters. The molecule has 2 aliphatic heterocycles. The molecule has 13 heavy (non-hydrogen) atoms.